The predicted octanol–water partition coefficient (Wildman–Crippen LogP) is 1.88. The van der Waals surface area contributed by atoms with Gasteiger partial charge in [-0.3, -0.25) is 4.79 Å². The number of rotatable bonds is 3. The molecule has 7 heteroatoms. The molecule has 1 aliphatic rings. The molecule has 2 heterocycles. The first-order chi connectivity index (χ1) is 9.42. The van der Waals surface area contributed by atoms with Crippen molar-refractivity contribution in [3.8, 4) is 0 Å². The number of thiazole rings is 1. The number of aromatic nitrogens is 1. The molecule has 20 heavy (non-hydrogen) atoms. The molecule has 0 spiro atoms. The fraction of sp³-hybridized carbons (Fsp3) is 0.615. The Hall–Kier alpha value is -1.63. The first-order valence-electron chi connectivity index (χ1n) is 6.53. The summed E-state index contributed by atoms with van der Waals surface area (Å²) in [6.07, 6.45) is 1.33. The Labute approximate surface area is 122 Å². The number of aliphatic carboxylic acids is 1. The van der Waals surface area contributed by atoms with Gasteiger partial charge in [-0.15, -0.1) is 11.3 Å². The van der Waals surface area contributed by atoms with Crippen LogP contribution in [0.5, 0.6) is 0 Å². The van der Waals surface area contributed by atoms with E-state index in [2.05, 4.69) is 4.98 Å². The van der Waals surface area contributed by atoms with Crippen LogP contribution in [0, 0.1) is 5.41 Å². The number of hydrogen-bond donors (Lipinski definition) is 1. The van der Waals surface area contributed by atoms with E-state index >= 15 is 0 Å². The van der Waals surface area contributed by atoms with Crippen LogP contribution in [0.1, 0.15) is 25.5 Å². The number of carboxylic acid groups (broad SMARTS) is 1. The molecule has 110 valence electrons. The molecule has 1 fully saturated rings. The molecular formula is C13H19N3O3S. The number of amides is 2. The third-order valence-electron chi connectivity index (χ3n) is 3.69. The summed E-state index contributed by atoms with van der Waals surface area (Å²) in [5.41, 5.74) is 1.75. The fourth-order valence-electron chi connectivity index (χ4n) is 2.44. The van der Waals surface area contributed by atoms with E-state index < -0.39 is 11.4 Å². The molecule has 1 aliphatic heterocycles. The van der Waals surface area contributed by atoms with Gasteiger partial charge in [0.2, 0.25) is 0 Å². The van der Waals surface area contributed by atoms with Crippen LogP contribution in [-0.4, -0.2) is 52.0 Å². The standard InChI is InChI=1S/C13H19N3O3S/c1-13(11(17)18)4-3-5-16(8-13)12(19)15(2)6-10-7-20-9-14-10/h7,9H,3-6,8H2,1-2H3,(H,17,18). The van der Waals surface area contributed by atoms with Crippen molar-refractivity contribution in [2.45, 2.75) is 26.3 Å². The van der Waals surface area contributed by atoms with E-state index in [4.69, 9.17) is 0 Å². The molecular weight excluding hydrogens is 278 g/mol. The van der Waals surface area contributed by atoms with Gasteiger partial charge in [-0.1, -0.05) is 0 Å². The average Bonchev–Trinajstić information content (AvgIpc) is 2.90. The van der Waals surface area contributed by atoms with Crippen molar-refractivity contribution < 1.29 is 14.7 Å². The molecule has 1 unspecified atom stereocenters. The summed E-state index contributed by atoms with van der Waals surface area (Å²) >= 11 is 1.49. The van der Waals surface area contributed by atoms with Crippen molar-refractivity contribution in [2.24, 2.45) is 5.41 Å². The van der Waals surface area contributed by atoms with Crippen molar-refractivity contribution in [2.75, 3.05) is 20.1 Å². The van der Waals surface area contributed by atoms with Crippen molar-refractivity contribution >= 4 is 23.3 Å². The summed E-state index contributed by atoms with van der Waals surface area (Å²) in [4.78, 5) is 31.0. The highest BCUT2D eigenvalue weighted by Crippen LogP contribution is 2.30. The second-order valence-corrected chi connectivity index (χ2v) is 6.23. The summed E-state index contributed by atoms with van der Waals surface area (Å²) in [5, 5.41) is 11.2. The third-order valence-corrected chi connectivity index (χ3v) is 4.33. The van der Waals surface area contributed by atoms with Gasteiger partial charge < -0.3 is 14.9 Å². The van der Waals surface area contributed by atoms with E-state index in [0.29, 0.717) is 19.5 Å². The fourth-order valence-corrected chi connectivity index (χ4v) is 2.99. The van der Waals surface area contributed by atoms with E-state index in [-0.39, 0.29) is 12.6 Å². The quantitative estimate of drug-likeness (QED) is 0.924. The molecule has 6 nitrogen and oxygen atoms in total. The van der Waals surface area contributed by atoms with Crippen LogP contribution >= 0.6 is 11.3 Å². The number of likely N-dealkylation sites (tertiary alicyclic amines) is 1. The van der Waals surface area contributed by atoms with E-state index in [9.17, 15) is 14.7 Å². The normalized spacial score (nSPS) is 22.6. The van der Waals surface area contributed by atoms with Crippen LogP contribution in [0.2, 0.25) is 0 Å². The minimum atomic E-state index is -0.838. The largest absolute Gasteiger partial charge is 0.481 e. The molecule has 2 rings (SSSR count). The molecule has 1 aromatic heterocycles. The van der Waals surface area contributed by atoms with Gasteiger partial charge in [-0.05, 0) is 19.8 Å². The molecule has 0 bridgehead atoms. The SMILES string of the molecule is CN(Cc1cscn1)C(=O)N1CCCC(C)(C(=O)O)C1. The Morgan fingerprint density at radius 3 is 2.95 bits per heavy atom. The lowest BCUT2D eigenvalue weighted by atomic mass is 9.82. The third kappa shape index (κ3) is 3.09. The Bertz CT molecular complexity index is 491. The zero-order valence-corrected chi connectivity index (χ0v) is 12.5. The first-order valence-corrected chi connectivity index (χ1v) is 7.47. The lowest BCUT2D eigenvalue weighted by molar-refractivity contribution is -0.150. The second kappa shape index (κ2) is 5.78. The first kappa shape index (κ1) is 14.8. The van der Waals surface area contributed by atoms with Crippen LogP contribution in [-0.2, 0) is 11.3 Å². The number of carbonyl (C=O) groups is 2. The van der Waals surface area contributed by atoms with Crippen molar-refractivity contribution in [3.05, 3.63) is 16.6 Å². The molecule has 2 amide bonds. The van der Waals surface area contributed by atoms with Crippen molar-refractivity contribution in [3.63, 3.8) is 0 Å². The zero-order chi connectivity index (χ0) is 14.8. The lowest BCUT2D eigenvalue weighted by Crippen LogP contribution is -2.51. The van der Waals surface area contributed by atoms with Gasteiger partial charge in [0.1, 0.15) is 0 Å². The van der Waals surface area contributed by atoms with Crippen LogP contribution in [0.3, 0.4) is 0 Å². The van der Waals surface area contributed by atoms with E-state index in [1.54, 1.807) is 29.3 Å². The lowest BCUT2D eigenvalue weighted by Gasteiger charge is -2.39. The summed E-state index contributed by atoms with van der Waals surface area (Å²) in [5.74, 6) is -0.836. The van der Waals surface area contributed by atoms with E-state index in [1.807, 2.05) is 5.38 Å². The minimum absolute atomic E-state index is 0.134. The number of carboxylic acids is 1. The summed E-state index contributed by atoms with van der Waals surface area (Å²) < 4.78 is 0. The molecule has 1 atom stereocenters. The summed E-state index contributed by atoms with van der Waals surface area (Å²) in [6, 6.07) is -0.134. The van der Waals surface area contributed by atoms with Crippen molar-refractivity contribution in [1.82, 2.24) is 14.8 Å². The highest BCUT2D eigenvalue weighted by atomic mass is 32.1. The van der Waals surface area contributed by atoms with Crippen LogP contribution in [0.15, 0.2) is 10.9 Å². The van der Waals surface area contributed by atoms with Gasteiger partial charge in [0.05, 0.1) is 23.2 Å². The Morgan fingerprint density at radius 1 is 1.60 bits per heavy atom. The molecule has 1 aromatic rings. The highest BCUT2D eigenvalue weighted by molar-refractivity contribution is 7.07. The number of hydrogen-bond acceptors (Lipinski definition) is 4. The maximum Gasteiger partial charge on any atom is 0.320 e. The summed E-state index contributed by atoms with van der Waals surface area (Å²) in [6.45, 7) is 3.03. The summed E-state index contributed by atoms with van der Waals surface area (Å²) in [7, 11) is 1.72. The van der Waals surface area contributed by atoms with Gasteiger partial charge >= 0.3 is 12.0 Å². The minimum Gasteiger partial charge on any atom is -0.481 e. The Kier molecular flexibility index (Phi) is 4.27. The van der Waals surface area contributed by atoms with Crippen LogP contribution < -0.4 is 0 Å². The molecule has 0 saturated carbocycles. The zero-order valence-electron chi connectivity index (χ0n) is 11.7. The van der Waals surface area contributed by atoms with E-state index in [0.717, 1.165) is 12.1 Å². The van der Waals surface area contributed by atoms with Gasteiger partial charge in [-0.2, -0.15) is 0 Å². The number of urea groups is 1. The molecule has 0 aliphatic carbocycles. The molecule has 1 saturated heterocycles. The van der Waals surface area contributed by atoms with Gasteiger partial charge in [0, 0.05) is 25.5 Å². The molecule has 1 N–H and O–H groups in total. The smallest absolute Gasteiger partial charge is 0.320 e. The maximum atomic E-state index is 12.4. The molecule has 0 radical (unpaired) electrons. The predicted molar refractivity (Wildman–Crippen MR) is 75.5 cm³/mol. The van der Waals surface area contributed by atoms with E-state index in [1.165, 1.54) is 11.3 Å². The number of carbonyl (C=O) groups excluding carboxylic acids is 1. The van der Waals surface area contributed by atoms with Gasteiger partial charge in [0.15, 0.2) is 0 Å². The monoisotopic (exact) mass is 297 g/mol. The second-order valence-electron chi connectivity index (χ2n) is 5.51. The van der Waals surface area contributed by atoms with Gasteiger partial charge in [-0.25, -0.2) is 9.78 Å². The molecule has 0 aromatic carbocycles. The van der Waals surface area contributed by atoms with Crippen LogP contribution in [0.4, 0.5) is 4.79 Å². The maximum absolute atomic E-state index is 12.4. The number of piperidine rings is 1. The van der Waals surface area contributed by atoms with Gasteiger partial charge in [0.25, 0.3) is 0 Å². The topological polar surface area (TPSA) is 73.7 Å². The average molecular weight is 297 g/mol. The Balaban J connectivity index is 1.99. The van der Waals surface area contributed by atoms with Crippen molar-refractivity contribution in [1.29, 1.82) is 0 Å². The number of nitrogens with zero attached hydrogens (tertiary/aromatic N) is 3. The van der Waals surface area contributed by atoms with Crippen LogP contribution in [0.25, 0.3) is 0 Å². The Morgan fingerprint density at radius 2 is 2.35 bits per heavy atom. The highest BCUT2D eigenvalue weighted by Gasteiger charge is 2.39.